The maximum absolute atomic E-state index is 12.6. The van der Waals surface area contributed by atoms with Gasteiger partial charge in [-0.25, -0.2) is 17.9 Å². The van der Waals surface area contributed by atoms with Crippen molar-refractivity contribution in [2.45, 2.75) is 11.3 Å². The van der Waals surface area contributed by atoms with Gasteiger partial charge in [0.1, 0.15) is 0 Å². The van der Waals surface area contributed by atoms with Crippen molar-refractivity contribution < 1.29 is 18.3 Å². The largest absolute Gasteiger partial charge is 0.478 e. The Kier molecular flexibility index (Phi) is 5.39. The van der Waals surface area contributed by atoms with Gasteiger partial charge in [-0.1, -0.05) is 42.5 Å². The predicted octanol–water partition coefficient (Wildman–Crippen LogP) is 4.05. The second-order valence-electron chi connectivity index (χ2n) is 6.91. The van der Waals surface area contributed by atoms with E-state index in [1.807, 2.05) is 30.5 Å². The average molecular weight is 420 g/mol. The van der Waals surface area contributed by atoms with Crippen LogP contribution in [0.25, 0.3) is 22.0 Å². The number of carboxylic acids is 1. The minimum atomic E-state index is -3.62. The van der Waals surface area contributed by atoms with E-state index in [4.69, 9.17) is 5.11 Å². The van der Waals surface area contributed by atoms with Crippen LogP contribution < -0.4 is 4.72 Å². The van der Waals surface area contributed by atoms with E-state index in [0.29, 0.717) is 13.0 Å². The molecule has 0 saturated carbocycles. The molecule has 0 fully saturated rings. The Morgan fingerprint density at radius 2 is 1.53 bits per heavy atom. The third kappa shape index (κ3) is 4.12. The second kappa shape index (κ2) is 8.14. The number of hydrogen-bond acceptors (Lipinski definition) is 3. The molecule has 4 rings (SSSR count). The molecule has 4 aromatic rings. The van der Waals surface area contributed by atoms with Crippen LogP contribution in [-0.2, 0) is 16.4 Å². The minimum Gasteiger partial charge on any atom is -0.478 e. The summed E-state index contributed by atoms with van der Waals surface area (Å²) in [5, 5.41) is 10.1. The number of sulfonamides is 1. The molecule has 0 unspecified atom stereocenters. The highest BCUT2D eigenvalue weighted by molar-refractivity contribution is 7.89. The number of hydrogen-bond donors (Lipinski definition) is 3. The quantitative estimate of drug-likeness (QED) is 0.420. The normalized spacial score (nSPS) is 11.6. The minimum absolute atomic E-state index is 0.187. The fourth-order valence-corrected chi connectivity index (χ4v) is 4.41. The first-order valence-corrected chi connectivity index (χ1v) is 10.9. The molecule has 1 aromatic heterocycles. The molecule has 0 spiro atoms. The van der Waals surface area contributed by atoms with E-state index in [0.717, 1.165) is 27.6 Å². The monoisotopic (exact) mass is 420 g/mol. The number of rotatable bonds is 7. The molecule has 0 radical (unpaired) electrons. The molecule has 7 heteroatoms. The number of aromatic carboxylic acids is 1. The third-order valence-electron chi connectivity index (χ3n) is 4.99. The molecule has 6 nitrogen and oxygen atoms in total. The van der Waals surface area contributed by atoms with Crippen LogP contribution in [0.2, 0.25) is 0 Å². The molecule has 0 aliphatic heterocycles. The van der Waals surface area contributed by atoms with E-state index in [1.165, 1.54) is 12.1 Å². The number of H-pyrrole nitrogens is 1. The van der Waals surface area contributed by atoms with Crippen LogP contribution >= 0.6 is 0 Å². The number of benzene rings is 3. The lowest BCUT2D eigenvalue weighted by Crippen LogP contribution is -2.25. The smallest absolute Gasteiger partial charge is 0.335 e. The van der Waals surface area contributed by atoms with Crippen LogP contribution in [0, 0.1) is 0 Å². The summed E-state index contributed by atoms with van der Waals surface area (Å²) >= 11 is 0. The van der Waals surface area contributed by atoms with Crippen molar-refractivity contribution in [2.75, 3.05) is 6.54 Å². The number of para-hydroxylation sites is 1. The van der Waals surface area contributed by atoms with Crippen LogP contribution in [0.4, 0.5) is 0 Å². The van der Waals surface area contributed by atoms with Crippen molar-refractivity contribution >= 4 is 26.9 Å². The van der Waals surface area contributed by atoms with Gasteiger partial charge in [0, 0.05) is 23.6 Å². The molecular formula is C23H20N2O4S. The van der Waals surface area contributed by atoms with E-state index in [1.54, 1.807) is 36.4 Å². The van der Waals surface area contributed by atoms with Gasteiger partial charge < -0.3 is 10.1 Å². The highest BCUT2D eigenvalue weighted by atomic mass is 32.2. The van der Waals surface area contributed by atoms with Gasteiger partial charge >= 0.3 is 5.97 Å². The van der Waals surface area contributed by atoms with Crippen molar-refractivity contribution in [2.24, 2.45) is 0 Å². The van der Waals surface area contributed by atoms with E-state index < -0.39 is 16.0 Å². The predicted molar refractivity (Wildman–Crippen MR) is 116 cm³/mol. The van der Waals surface area contributed by atoms with Crippen LogP contribution in [0.15, 0.2) is 83.9 Å². The van der Waals surface area contributed by atoms with E-state index in [-0.39, 0.29) is 10.5 Å². The highest BCUT2D eigenvalue weighted by Crippen LogP contribution is 2.22. The van der Waals surface area contributed by atoms with E-state index >= 15 is 0 Å². The summed E-state index contributed by atoms with van der Waals surface area (Å²) < 4.78 is 27.9. The summed E-state index contributed by atoms with van der Waals surface area (Å²) in [6, 6.07) is 20.9. The zero-order chi connectivity index (χ0) is 21.1. The van der Waals surface area contributed by atoms with Gasteiger partial charge in [-0.2, -0.15) is 0 Å². The Bertz CT molecular complexity index is 1290. The number of aromatic nitrogens is 1. The molecule has 0 aliphatic rings. The lowest BCUT2D eigenvalue weighted by Gasteiger charge is -2.08. The summed E-state index contributed by atoms with van der Waals surface area (Å²) in [4.78, 5) is 14.3. The van der Waals surface area contributed by atoms with Gasteiger partial charge in [0.2, 0.25) is 10.0 Å². The van der Waals surface area contributed by atoms with Crippen LogP contribution in [0.1, 0.15) is 15.9 Å². The van der Waals surface area contributed by atoms with E-state index in [9.17, 15) is 13.2 Å². The van der Waals surface area contributed by atoms with Gasteiger partial charge in [0.15, 0.2) is 0 Å². The van der Waals surface area contributed by atoms with Gasteiger partial charge in [-0.05, 0) is 53.4 Å². The van der Waals surface area contributed by atoms with Gasteiger partial charge in [-0.3, -0.25) is 0 Å². The first kappa shape index (κ1) is 19.9. The molecule has 1 heterocycles. The second-order valence-corrected chi connectivity index (χ2v) is 8.68. The summed E-state index contributed by atoms with van der Waals surface area (Å²) in [6.07, 6.45) is 2.49. The summed E-state index contributed by atoms with van der Waals surface area (Å²) in [5.41, 5.74) is 3.93. The first-order valence-electron chi connectivity index (χ1n) is 9.42. The Morgan fingerprint density at radius 3 is 2.20 bits per heavy atom. The highest BCUT2D eigenvalue weighted by Gasteiger charge is 2.14. The molecule has 0 atom stereocenters. The molecule has 0 saturated heterocycles. The van der Waals surface area contributed by atoms with Gasteiger partial charge in [0.25, 0.3) is 0 Å². The van der Waals surface area contributed by atoms with Crippen LogP contribution in [0.3, 0.4) is 0 Å². The number of carboxylic acid groups (broad SMARTS) is 1. The van der Waals surface area contributed by atoms with Crippen molar-refractivity contribution in [1.82, 2.24) is 9.71 Å². The van der Waals surface area contributed by atoms with Crippen LogP contribution in [-0.4, -0.2) is 31.0 Å². The van der Waals surface area contributed by atoms with Crippen LogP contribution in [0.5, 0.6) is 0 Å². The fraction of sp³-hybridized carbons (Fsp3) is 0.0870. The lowest BCUT2D eigenvalue weighted by atomic mass is 10.0. The SMILES string of the molecule is O=C(O)c1ccc(-c2ccc(S(=O)(=O)NCCc3c[nH]c4ccccc34)cc2)cc1. The molecule has 3 N–H and O–H groups in total. The Hall–Kier alpha value is -3.42. The maximum Gasteiger partial charge on any atom is 0.335 e. The number of fused-ring (bicyclic) bond motifs is 1. The number of carbonyl (C=O) groups is 1. The lowest BCUT2D eigenvalue weighted by molar-refractivity contribution is 0.0697. The Balaban J connectivity index is 1.43. The van der Waals surface area contributed by atoms with Gasteiger partial charge in [-0.15, -0.1) is 0 Å². The zero-order valence-corrected chi connectivity index (χ0v) is 16.8. The van der Waals surface area contributed by atoms with Gasteiger partial charge in [0.05, 0.1) is 10.5 Å². The molecule has 3 aromatic carbocycles. The van der Waals surface area contributed by atoms with Crippen molar-refractivity contribution in [1.29, 1.82) is 0 Å². The molecule has 152 valence electrons. The first-order chi connectivity index (χ1) is 14.4. The van der Waals surface area contributed by atoms with Crippen molar-refractivity contribution in [3.63, 3.8) is 0 Å². The maximum atomic E-state index is 12.6. The summed E-state index contributed by atoms with van der Waals surface area (Å²) in [6.45, 7) is 0.294. The fourth-order valence-electron chi connectivity index (χ4n) is 3.37. The summed E-state index contributed by atoms with van der Waals surface area (Å²) in [5.74, 6) is -0.985. The molecule has 0 aliphatic carbocycles. The Morgan fingerprint density at radius 1 is 0.900 bits per heavy atom. The summed E-state index contributed by atoms with van der Waals surface area (Å²) in [7, 11) is -3.62. The topological polar surface area (TPSA) is 99.3 Å². The zero-order valence-electron chi connectivity index (χ0n) is 16.0. The molecule has 0 amide bonds. The third-order valence-corrected chi connectivity index (χ3v) is 6.47. The average Bonchev–Trinajstić information content (AvgIpc) is 3.17. The molecule has 30 heavy (non-hydrogen) atoms. The van der Waals surface area contributed by atoms with E-state index in [2.05, 4.69) is 9.71 Å². The Labute approximate surface area is 174 Å². The number of nitrogens with one attached hydrogen (secondary N) is 2. The molecule has 0 bridgehead atoms. The van der Waals surface area contributed by atoms with Crippen molar-refractivity contribution in [3.8, 4) is 11.1 Å². The molecular weight excluding hydrogens is 400 g/mol. The van der Waals surface area contributed by atoms with Crippen molar-refractivity contribution in [3.05, 3.63) is 90.1 Å². The number of aromatic amines is 1. The standard InChI is InChI=1S/C23H20N2O4S/c26-23(27)18-7-5-16(6-8-18)17-9-11-20(12-10-17)30(28,29)25-14-13-19-15-24-22-4-2-1-3-21(19)22/h1-12,15,24-25H,13-14H2,(H,26,27).